The van der Waals surface area contributed by atoms with E-state index in [1.807, 2.05) is 42.5 Å². The molecule has 0 unspecified atom stereocenters. The number of fused-ring (bicyclic) bond motifs is 3. The SMILES string of the molecule is c1ccc2c(c1)OC[C@@H](c1nnc3sc(-c4ccc5c(c4)OCO5)nn13)O2. The lowest BCUT2D eigenvalue weighted by atomic mass is 10.2. The molecule has 8 nitrogen and oxygen atoms in total. The highest BCUT2D eigenvalue weighted by Crippen LogP contribution is 2.38. The zero-order chi connectivity index (χ0) is 17.8. The summed E-state index contributed by atoms with van der Waals surface area (Å²) < 4.78 is 24.4. The Bertz CT molecular complexity index is 1170. The number of aromatic nitrogens is 4. The second-order valence-corrected chi connectivity index (χ2v) is 7.05. The first-order chi connectivity index (χ1) is 13.3. The minimum Gasteiger partial charge on any atom is -0.485 e. The van der Waals surface area contributed by atoms with Crippen LogP contribution in [-0.2, 0) is 0 Å². The molecule has 2 aromatic heterocycles. The van der Waals surface area contributed by atoms with Crippen LogP contribution in [0.2, 0.25) is 0 Å². The second-order valence-electron chi connectivity index (χ2n) is 6.09. The van der Waals surface area contributed by atoms with Gasteiger partial charge in [-0.15, -0.1) is 10.2 Å². The maximum atomic E-state index is 6.04. The Morgan fingerprint density at radius 2 is 1.78 bits per heavy atom. The van der Waals surface area contributed by atoms with Gasteiger partial charge in [-0.25, -0.2) is 0 Å². The summed E-state index contributed by atoms with van der Waals surface area (Å²) in [6.07, 6.45) is -0.374. The highest BCUT2D eigenvalue weighted by atomic mass is 32.1. The molecule has 0 saturated heterocycles. The Morgan fingerprint density at radius 1 is 0.926 bits per heavy atom. The van der Waals surface area contributed by atoms with E-state index in [-0.39, 0.29) is 12.9 Å². The van der Waals surface area contributed by atoms with Crippen molar-refractivity contribution < 1.29 is 18.9 Å². The lowest BCUT2D eigenvalue weighted by Gasteiger charge is -2.24. The molecule has 4 heterocycles. The van der Waals surface area contributed by atoms with Crippen molar-refractivity contribution in [3.8, 4) is 33.6 Å². The number of ether oxygens (including phenoxy) is 4. The van der Waals surface area contributed by atoms with Crippen LogP contribution in [0.4, 0.5) is 0 Å². The molecule has 134 valence electrons. The summed E-state index contributed by atoms with van der Waals surface area (Å²) in [6, 6.07) is 13.3. The van der Waals surface area contributed by atoms with Gasteiger partial charge in [-0.3, -0.25) is 0 Å². The molecule has 1 atom stereocenters. The van der Waals surface area contributed by atoms with Gasteiger partial charge in [0, 0.05) is 5.56 Å². The second kappa shape index (κ2) is 5.58. The third-order valence-corrected chi connectivity index (χ3v) is 5.38. The van der Waals surface area contributed by atoms with Crippen LogP contribution in [0.5, 0.6) is 23.0 Å². The van der Waals surface area contributed by atoms with Gasteiger partial charge in [0.05, 0.1) is 0 Å². The minimum atomic E-state index is -0.374. The van der Waals surface area contributed by atoms with Crippen molar-refractivity contribution in [3.05, 3.63) is 48.3 Å². The fourth-order valence-electron chi connectivity index (χ4n) is 3.13. The van der Waals surface area contributed by atoms with Crippen molar-refractivity contribution in [3.63, 3.8) is 0 Å². The Hall–Kier alpha value is -3.33. The summed E-state index contributed by atoms with van der Waals surface area (Å²) in [5.41, 5.74) is 0.937. The van der Waals surface area contributed by atoms with Crippen molar-refractivity contribution in [1.82, 2.24) is 19.8 Å². The lowest BCUT2D eigenvalue weighted by molar-refractivity contribution is 0.0836. The van der Waals surface area contributed by atoms with Crippen molar-refractivity contribution in [2.24, 2.45) is 0 Å². The molecule has 0 N–H and O–H groups in total. The Kier molecular flexibility index (Phi) is 3.06. The molecule has 9 heteroatoms. The fourth-order valence-corrected chi connectivity index (χ4v) is 3.97. The predicted octanol–water partition coefficient (Wildman–Crippen LogP) is 3.09. The molecule has 2 aromatic carbocycles. The van der Waals surface area contributed by atoms with Crippen LogP contribution in [0.3, 0.4) is 0 Å². The standard InChI is InChI=1S/C18H12N4O4S/c1-2-4-13-11(3-1)23-8-15(26-13)16-19-20-18-22(16)21-17(27-18)10-5-6-12-14(7-10)25-9-24-12/h1-7,15H,8-9H2/t15-/m0/s1. The average molecular weight is 380 g/mol. The number of rotatable bonds is 2. The summed E-state index contributed by atoms with van der Waals surface area (Å²) >= 11 is 1.45. The van der Waals surface area contributed by atoms with E-state index in [1.54, 1.807) is 4.52 Å². The first-order valence-electron chi connectivity index (χ1n) is 8.36. The van der Waals surface area contributed by atoms with Gasteiger partial charge < -0.3 is 18.9 Å². The Morgan fingerprint density at radius 3 is 2.74 bits per heavy atom. The highest BCUT2D eigenvalue weighted by molar-refractivity contribution is 7.19. The molecule has 0 saturated carbocycles. The van der Waals surface area contributed by atoms with Crippen molar-refractivity contribution >= 4 is 16.3 Å². The van der Waals surface area contributed by atoms with E-state index in [4.69, 9.17) is 18.9 Å². The van der Waals surface area contributed by atoms with Crippen molar-refractivity contribution in [2.75, 3.05) is 13.4 Å². The van der Waals surface area contributed by atoms with Crippen LogP contribution in [-0.4, -0.2) is 33.2 Å². The zero-order valence-electron chi connectivity index (χ0n) is 13.9. The van der Waals surface area contributed by atoms with E-state index < -0.39 is 0 Å². The minimum absolute atomic E-state index is 0.245. The van der Waals surface area contributed by atoms with Crippen LogP contribution in [0.25, 0.3) is 15.5 Å². The topological polar surface area (TPSA) is 80.0 Å². The molecule has 2 aliphatic heterocycles. The van der Waals surface area contributed by atoms with E-state index in [9.17, 15) is 0 Å². The number of para-hydroxylation sites is 2. The van der Waals surface area contributed by atoms with Gasteiger partial charge in [0.25, 0.3) is 0 Å². The van der Waals surface area contributed by atoms with Gasteiger partial charge in [0.1, 0.15) is 11.6 Å². The summed E-state index contributed by atoms with van der Waals surface area (Å²) in [5.74, 6) is 3.50. The summed E-state index contributed by atoms with van der Waals surface area (Å²) in [7, 11) is 0. The first kappa shape index (κ1) is 14.8. The van der Waals surface area contributed by atoms with E-state index in [2.05, 4.69) is 15.3 Å². The molecule has 0 fully saturated rings. The molecular weight excluding hydrogens is 368 g/mol. The van der Waals surface area contributed by atoms with Gasteiger partial charge >= 0.3 is 0 Å². The van der Waals surface area contributed by atoms with Gasteiger partial charge in [-0.1, -0.05) is 23.5 Å². The summed E-state index contributed by atoms with van der Waals surface area (Å²) in [6.45, 7) is 0.600. The molecule has 0 bridgehead atoms. The van der Waals surface area contributed by atoms with Gasteiger partial charge in [0.2, 0.25) is 11.8 Å². The Labute approximate surface area is 156 Å². The summed E-state index contributed by atoms with van der Waals surface area (Å²) in [4.78, 5) is 0.695. The number of hydrogen-bond acceptors (Lipinski definition) is 8. The molecule has 27 heavy (non-hydrogen) atoms. The molecule has 0 amide bonds. The number of benzene rings is 2. The van der Waals surface area contributed by atoms with Crippen LogP contribution < -0.4 is 18.9 Å². The molecule has 4 aromatic rings. The lowest BCUT2D eigenvalue weighted by Crippen LogP contribution is -2.23. The molecule has 0 spiro atoms. The van der Waals surface area contributed by atoms with Crippen molar-refractivity contribution in [1.29, 1.82) is 0 Å². The van der Waals surface area contributed by atoms with Crippen LogP contribution >= 0.6 is 11.3 Å². The maximum absolute atomic E-state index is 6.04. The zero-order valence-corrected chi connectivity index (χ0v) is 14.7. The normalized spacial score (nSPS) is 17.4. The van der Waals surface area contributed by atoms with Gasteiger partial charge in [0.15, 0.2) is 34.9 Å². The molecular formula is C18H12N4O4S. The van der Waals surface area contributed by atoms with Gasteiger partial charge in [-0.05, 0) is 30.3 Å². The quantitative estimate of drug-likeness (QED) is 0.529. The monoisotopic (exact) mass is 380 g/mol. The van der Waals surface area contributed by atoms with E-state index in [0.717, 1.165) is 27.8 Å². The van der Waals surface area contributed by atoms with E-state index in [1.165, 1.54) is 11.3 Å². The third kappa shape index (κ3) is 2.32. The molecule has 6 rings (SSSR count). The predicted molar refractivity (Wildman–Crippen MR) is 95.5 cm³/mol. The fraction of sp³-hybridized carbons (Fsp3) is 0.167. The average Bonchev–Trinajstić information content (AvgIpc) is 3.42. The third-order valence-electron chi connectivity index (χ3n) is 4.43. The molecule has 2 aliphatic rings. The molecule has 0 aliphatic carbocycles. The van der Waals surface area contributed by atoms with Crippen molar-refractivity contribution in [2.45, 2.75) is 6.10 Å². The maximum Gasteiger partial charge on any atom is 0.235 e. The highest BCUT2D eigenvalue weighted by Gasteiger charge is 2.28. The first-order valence-corrected chi connectivity index (χ1v) is 9.17. The van der Waals surface area contributed by atoms with Crippen LogP contribution in [0, 0.1) is 0 Å². The van der Waals surface area contributed by atoms with Crippen LogP contribution in [0.15, 0.2) is 42.5 Å². The van der Waals surface area contributed by atoms with E-state index >= 15 is 0 Å². The van der Waals surface area contributed by atoms with E-state index in [0.29, 0.717) is 23.1 Å². The smallest absolute Gasteiger partial charge is 0.235 e. The number of hydrogen-bond donors (Lipinski definition) is 0. The number of nitrogens with zero attached hydrogens (tertiary/aromatic N) is 4. The Balaban J connectivity index is 1.37. The molecule has 0 radical (unpaired) electrons. The largest absolute Gasteiger partial charge is 0.485 e. The summed E-state index contributed by atoms with van der Waals surface area (Å²) in [5, 5.41) is 14.0. The van der Waals surface area contributed by atoms with Crippen LogP contribution in [0.1, 0.15) is 11.9 Å². The van der Waals surface area contributed by atoms with Gasteiger partial charge in [-0.2, -0.15) is 9.61 Å².